The van der Waals surface area contributed by atoms with Crippen LogP contribution >= 0.6 is 0 Å². The molecule has 0 spiro atoms. The summed E-state index contributed by atoms with van der Waals surface area (Å²) in [6.07, 6.45) is 2.55. The number of hydrogen-bond donors (Lipinski definition) is 1. The van der Waals surface area contributed by atoms with Crippen LogP contribution in [0.25, 0.3) is 10.8 Å². The summed E-state index contributed by atoms with van der Waals surface area (Å²) in [5.74, 6) is 0.203. The number of fused-ring (bicyclic) bond motifs is 1. The minimum atomic E-state index is -2.89. The Hall–Kier alpha value is -1.39. The summed E-state index contributed by atoms with van der Waals surface area (Å²) in [5.41, 5.74) is 7.18. The molecular formula is C15H19NO2S. The van der Waals surface area contributed by atoms with Gasteiger partial charge in [-0.25, -0.2) is 8.42 Å². The molecule has 0 fully saturated rings. The van der Waals surface area contributed by atoms with E-state index in [-0.39, 0.29) is 11.8 Å². The number of benzene rings is 2. The lowest BCUT2D eigenvalue weighted by Gasteiger charge is -2.12. The number of rotatable bonds is 5. The van der Waals surface area contributed by atoms with Gasteiger partial charge in [-0.15, -0.1) is 0 Å². The fraction of sp³-hybridized carbons (Fsp3) is 0.333. The van der Waals surface area contributed by atoms with Crippen molar-refractivity contribution in [2.24, 2.45) is 5.73 Å². The average molecular weight is 277 g/mol. The van der Waals surface area contributed by atoms with E-state index in [9.17, 15) is 8.42 Å². The van der Waals surface area contributed by atoms with E-state index in [0.717, 1.165) is 5.56 Å². The highest BCUT2D eigenvalue weighted by Gasteiger charge is 2.09. The Bertz CT molecular complexity index is 665. The van der Waals surface area contributed by atoms with Crippen molar-refractivity contribution in [3.8, 4) is 0 Å². The molecule has 0 radical (unpaired) electrons. The molecule has 1 atom stereocenters. The lowest BCUT2D eigenvalue weighted by atomic mass is 10.00. The van der Waals surface area contributed by atoms with E-state index >= 15 is 0 Å². The SMILES string of the molecule is CS(=O)(=O)CCCC(N)c1ccc2ccccc2c1. The summed E-state index contributed by atoms with van der Waals surface area (Å²) in [4.78, 5) is 0. The van der Waals surface area contributed by atoms with Crippen LogP contribution in [0.5, 0.6) is 0 Å². The Morgan fingerprint density at radius 3 is 2.47 bits per heavy atom. The second-order valence-corrected chi connectivity index (χ2v) is 7.24. The molecule has 0 aliphatic heterocycles. The third-order valence-electron chi connectivity index (χ3n) is 3.23. The van der Waals surface area contributed by atoms with E-state index in [1.807, 2.05) is 18.2 Å². The lowest BCUT2D eigenvalue weighted by Crippen LogP contribution is -2.12. The summed E-state index contributed by atoms with van der Waals surface area (Å²) >= 11 is 0. The smallest absolute Gasteiger partial charge is 0.147 e. The average Bonchev–Trinajstić information content (AvgIpc) is 2.36. The van der Waals surface area contributed by atoms with Crippen molar-refractivity contribution in [2.45, 2.75) is 18.9 Å². The van der Waals surface area contributed by atoms with Gasteiger partial charge in [0.15, 0.2) is 0 Å². The highest BCUT2D eigenvalue weighted by atomic mass is 32.2. The zero-order valence-corrected chi connectivity index (χ0v) is 11.9. The van der Waals surface area contributed by atoms with Gasteiger partial charge in [-0.3, -0.25) is 0 Å². The largest absolute Gasteiger partial charge is 0.324 e. The van der Waals surface area contributed by atoms with Gasteiger partial charge in [0.1, 0.15) is 9.84 Å². The highest BCUT2D eigenvalue weighted by Crippen LogP contribution is 2.21. The summed E-state index contributed by atoms with van der Waals surface area (Å²) in [6, 6.07) is 14.2. The maximum absolute atomic E-state index is 11.1. The van der Waals surface area contributed by atoms with E-state index in [2.05, 4.69) is 24.3 Å². The second kappa shape index (κ2) is 5.72. The van der Waals surface area contributed by atoms with Crippen LogP contribution in [0.1, 0.15) is 24.4 Å². The fourth-order valence-corrected chi connectivity index (χ4v) is 2.86. The van der Waals surface area contributed by atoms with E-state index in [1.54, 1.807) is 0 Å². The van der Waals surface area contributed by atoms with Gasteiger partial charge in [0.2, 0.25) is 0 Å². The molecule has 0 amide bonds. The van der Waals surface area contributed by atoms with E-state index in [4.69, 9.17) is 5.73 Å². The van der Waals surface area contributed by atoms with Crippen molar-refractivity contribution in [1.82, 2.24) is 0 Å². The van der Waals surface area contributed by atoms with Crippen LogP contribution in [-0.2, 0) is 9.84 Å². The molecule has 0 aliphatic carbocycles. The molecule has 102 valence electrons. The first kappa shape index (κ1) is 14.0. The molecule has 4 heteroatoms. The van der Waals surface area contributed by atoms with Crippen molar-refractivity contribution in [2.75, 3.05) is 12.0 Å². The third kappa shape index (κ3) is 4.04. The van der Waals surface area contributed by atoms with Crippen LogP contribution < -0.4 is 5.73 Å². The van der Waals surface area contributed by atoms with Crippen molar-refractivity contribution in [3.63, 3.8) is 0 Å². The maximum Gasteiger partial charge on any atom is 0.147 e. The molecule has 0 aromatic heterocycles. The van der Waals surface area contributed by atoms with Crippen molar-refractivity contribution >= 4 is 20.6 Å². The third-order valence-corrected chi connectivity index (χ3v) is 4.26. The molecule has 2 N–H and O–H groups in total. The standard InChI is InChI=1S/C15H19NO2S/c1-19(17,18)10-4-7-15(16)14-9-8-12-5-2-3-6-13(12)11-14/h2-3,5-6,8-9,11,15H,4,7,10,16H2,1H3. The summed E-state index contributed by atoms with van der Waals surface area (Å²) in [5, 5.41) is 2.35. The van der Waals surface area contributed by atoms with Crippen LogP contribution in [0.3, 0.4) is 0 Å². The molecule has 3 nitrogen and oxygen atoms in total. The highest BCUT2D eigenvalue weighted by molar-refractivity contribution is 7.90. The molecule has 19 heavy (non-hydrogen) atoms. The predicted molar refractivity (Wildman–Crippen MR) is 79.8 cm³/mol. The molecular weight excluding hydrogens is 258 g/mol. The van der Waals surface area contributed by atoms with Gasteiger partial charge in [0.05, 0.1) is 0 Å². The summed E-state index contributed by atoms with van der Waals surface area (Å²) in [7, 11) is -2.89. The Labute approximate surface area is 114 Å². The second-order valence-electron chi connectivity index (χ2n) is 4.99. The minimum absolute atomic E-state index is 0.105. The van der Waals surface area contributed by atoms with Gasteiger partial charge in [-0.2, -0.15) is 0 Å². The molecule has 0 saturated carbocycles. The van der Waals surface area contributed by atoms with Crippen LogP contribution in [-0.4, -0.2) is 20.4 Å². The van der Waals surface area contributed by atoms with Gasteiger partial charge in [0.25, 0.3) is 0 Å². The predicted octanol–water partition coefficient (Wildman–Crippen LogP) is 2.66. The Balaban J connectivity index is 2.06. The maximum atomic E-state index is 11.1. The van der Waals surface area contributed by atoms with Crippen LogP contribution in [0.15, 0.2) is 42.5 Å². The Morgan fingerprint density at radius 1 is 1.11 bits per heavy atom. The fourth-order valence-electron chi connectivity index (χ4n) is 2.17. The van der Waals surface area contributed by atoms with E-state index < -0.39 is 9.84 Å². The summed E-state index contributed by atoms with van der Waals surface area (Å²) < 4.78 is 22.2. The van der Waals surface area contributed by atoms with Crippen LogP contribution in [0.4, 0.5) is 0 Å². The minimum Gasteiger partial charge on any atom is -0.324 e. The van der Waals surface area contributed by atoms with E-state index in [0.29, 0.717) is 12.8 Å². The zero-order chi connectivity index (χ0) is 13.9. The zero-order valence-electron chi connectivity index (χ0n) is 11.0. The molecule has 0 heterocycles. The molecule has 2 rings (SSSR count). The molecule has 0 aliphatic rings. The lowest BCUT2D eigenvalue weighted by molar-refractivity contribution is 0.588. The molecule has 0 saturated heterocycles. The topological polar surface area (TPSA) is 60.2 Å². The Morgan fingerprint density at radius 2 is 1.79 bits per heavy atom. The van der Waals surface area contributed by atoms with Crippen LogP contribution in [0, 0.1) is 0 Å². The van der Waals surface area contributed by atoms with Crippen molar-refractivity contribution in [1.29, 1.82) is 0 Å². The first-order valence-electron chi connectivity index (χ1n) is 6.38. The summed E-state index contributed by atoms with van der Waals surface area (Å²) in [6.45, 7) is 0. The van der Waals surface area contributed by atoms with Gasteiger partial charge in [-0.05, 0) is 35.2 Å². The normalized spacial score (nSPS) is 13.6. The first-order chi connectivity index (χ1) is 8.96. The number of sulfone groups is 1. The van der Waals surface area contributed by atoms with Gasteiger partial charge in [0, 0.05) is 18.1 Å². The van der Waals surface area contributed by atoms with Crippen molar-refractivity contribution in [3.05, 3.63) is 48.0 Å². The quantitative estimate of drug-likeness (QED) is 0.914. The van der Waals surface area contributed by atoms with Gasteiger partial charge in [-0.1, -0.05) is 36.4 Å². The number of nitrogens with two attached hydrogens (primary N) is 1. The first-order valence-corrected chi connectivity index (χ1v) is 8.44. The molecule has 2 aromatic carbocycles. The van der Waals surface area contributed by atoms with Gasteiger partial charge < -0.3 is 5.73 Å². The number of hydrogen-bond acceptors (Lipinski definition) is 3. The molecule has 1 unspecified atom stereocenters. The monoisotopic (exact) mass is 277 g/mol. The van der Waals surface area contributed by atoms with Gasteiger partial charge >= 0.3 is 0 Å². The van der Waals surface area contributed by atoms with E-state index in [1.165, 1.54) is 17.0 Å². The van der Waals surface area contributed by atoms with Crippen LogP contribution in [0.2, 0.25) is 0 Å². The molecule has 2 aromatic rings. The molecule has 0 bridgehead atoms. The Kier molecular flexibility index (Phi) is 4.22. The van der Waals surface area contributed by atoms with Crippen molar-refractivity contribution < 1.29 is 8.42 Å².